The molecule has 2 aromatic rings. The molecule has 112 valence electrons. The topological polar surface area (TPSA) is 78.9 Å². The van der Waals surface area contributed by atoms with Crippen LogP contribution in [-0.4, -0.2) is 32.0 Å². The summed E-state index contributed by atoms with van der Waals surface area (Å²) in [5.41, 5.74) is -1.41. The van der Waals surface area contributed by atoms with Gasteiger partial charge in [0.15, 0.2) is 5.82 Å². The number of carboxylic acid groups (broad SMARTS) is 1. The first-order chi connectivity index (χ1) is 9.77. The van der Waals surface area contributed by atoms with Gasteiger partial charge in [0.2, 0.25) is 5.16 Å². The number of benzene rings is 1. The van der Waals surface area contributed by atoms with Crippen LogP contribution >= 0.6 is 11.8 Å². The number of carbonyl (C=O) groups is 1. The fraction of sp³-hybridized carbons (Fsp3) is 0.182. The van der Waals surface area contributed by atoms with E-state index in [2.05, 4.69) is 15.2 Å². The molecule has 0 aliphatic heterocycles. The zero-order valence-corrected chi connectivity index (χ0v) is 10.9. The molecule has 2 rings (SSSR count). The minimum Gasteiger partial charge on any atom is -0.481 e. The van der Waals surface area contributed by atoms with Gasteiger partial charge in [-0.2, -0.15) is 13.2 Å². The summed E-state index contributed by atoms with van der Waals surface area (Å²) in [6, 6.07) is 2.42. The molecular formula is C11H7F4N3O2S. The molecule has 1 aromatic carbocycles. The smallest absolute Gasteiger partial charge is 0.419 e. The molecule has 0 radical (unpaired) electrons. The van der Waals surface area contributed by atoms with Crippen LogP contribution < -0.4 is 0 Å². The molecule has 5 nitrogen and oxygen atoms in total. The zero-order chi connectivity index (χ0) is 15.6. The lowest BCUT2D eigenvalue weighted by atomic mass is 10.1. The molecule has 0 atom stereocenters. The second kappa shape index (κ2) is 5.72. The Morgan fingerprint density at radius 2 is 2.10 bits per heavy atom. The number of aliphatic carboxylic acids is 1. The summed E-state index contributed by atoms with van der Waals surface area (Å²) in [6.45, 7) is 0. The molecule has 0 amide bonds. The van der Waals surface area contributed by atoms with Crippen LogP contribution in [0.3, 0.4) is 0 Å². The Bertz CT molecular complexity index is 672. The average molecular weight is 321 g/mol. The van der Waals surface area contributed by atoms with Gasteiger partial charge in [-0.05, 0) is 18.2 Å². The van der Waals surface area contributed by atoms with Gasteiger partial charge < -0.3 is 5.11 Å². The molecule has 0 fully saturated rings. The molecule has 2 N–H and O–H groups in total. The maximum absolute atomic E-state index is 13.2. The highest BCUT2D eigenvalue weighted by Gasteiger charge is 2.34. The van der Waals surface area contributed by atoms with Gasteiger partial charge in [0.25, 0.3) is 0 Å². The first kappa shape index (κ1) is 15.3. The van der Waals surface area contributed by atoms with Crippen molar-refractivity contribution in [3.63, 3.8) is 0 Å². The molecule has 0 unspecified atom stereocenters. The molecule has 10 heteroatoms. The van der Waals surface area contributed by atoms with E-state index in [4.69, 9.17) is 5.11 Å². The van der Waals surface area contributed by atoms with Crippen LogP contribution in [0.4, 0.5) is 17.6 Å². The van der Waals surface area contributed by atoms with Gasteiger partial charge >= 0.3 is 12.1 Å². The number of H-pyrrole nitrogens is 1. The van der Waals surface area contributed by atoms with E-state index in [0.717, 1.165) is 17.8 Å². The molecular weight excluding hydrogens is 314 g/mol. The van der Waals surface area contributed by atoms with Gasteiger partial charge in [-0.1, -0.05) is 11.8 Å². The number of nitrogens with one attached hydrogen (secondary N) is 1. The van der Waals surface area contributed by atoms with Crippen molar-refractivity contribution >= 4 is 17.7 Å². The third-order valence-electron chi connectivity index (χ3n) is 2.33. The number of hydrogen-bond acceptors (Lipinski definition) is 4. The van der Waals surface area contributed by atoms with Gasteiger partial charge in [0.1, 0.15) is 5.82 Å². The minimum atomic E-state index is -4.82. The van der Waals surface area contributed by atoms with Crippen molar-refractivity contribution in [3.05, 3.63) is 29.6 Å². The van der Waals surface area contributed by atoms with E-state index < -0.39 is 23.5 Å². The third-order valence-corrected chi connectivity index (χ3v) is 3.17. The quantitative estimate of drug-likeness (QED) is 0.669. The van der Waals surface area contributed by atoms with Crippen molar-refractivity contribution in [3.8, 4) is 11.4 Å². The van der Waals surface area contributed by atoms with Crippen molar-refractivity contribution < 1.29 is 27.5 Å². The number of thioether (sulfide) groups is 1. The molecule has 21 heavy (non-hydrogen) atoms. The highest BCUT2D eigenvalue weighted by Crippen LogP contribution is 2.33. The van der Waals surface area contributed by atoms with E-state index in [1.807, 2.05) is 0 Å². The first-order valence-electron chi connectivity index (χ1n) is 5.41. The van der Waals surface area contributed by atoms with Crippen molar-refractivity contribution in [2.45, 2.75) is 11.3 Å². The van der Waals surface area contributed by atoms with Gasteiger partial charge in [-0.3, -0.25) is 9.89 Å². The monoisotopic (exact) mass is 321 g/mol. The second-order valence-corrected chi connectivity index (χ2v) is 4.78. The lowest BCUT2D eigenvalue weighted by Crippen LogP contribution is -2.08. The van der Waals surface area contributed by atoms with E-state index in [9.17, 15) is 22.4 Å². The number of nitrogens with zero attached hydrogens (tertiary/aromatic N) is 2. The molecule has 0 bridgehead atoms. The molecule has 0 saturated carbocycles. The fourth-order valence-electron chi connectivity index (χ4n) is 1.46. The molecule has 0 saturated heterocycles. The summed E-state index contributed by atoms with van der Waals surface area (Å²) < 4.78 is 51.0. The van der Waals surface area contributed by atoms with Crippen molar-refractivity contribution in [2.24, 2.45) is 0 Å². The highest BCUT2D eigenvalue weighted by molar-refractivity contribution is 7.99. The van der Waals surface area contributed by atoms with Gasteiger partial charge in [-0.15, -0.1) is 5.10 Å². The maximum Gasteiger partial charge on any atom is 0.419 e. The number of aromatic amines is 1. The normalized spacial score (nSPS) is 11.6. The number of hydrogen-bond donors (Lipinski definition) is 2. The van der Waals surface area contributed by atoms with Crippen LogP contribution in [0, 0.1) is 5.82 Å². The Kier molecular flexibility index (Phi) is 4.16. The number of rotatable bonds is 4. The summed E-state index contributed by atoms with van der Waals surface area (Å²) in [5, 5.41) is 14.6. The molecule has 1 heterocycles. The van der Waals surface area contributed by atoms with Crippen molar-refractivity contribution in [2.75, 3.05) is 5.75 Å². The summed E-state index contributed by atoms with van der Waals surface area (Å²) in [6.07, 6.45) is -4.82. The van der Waals surface area contributed by atoms with Crippen LogP contribution in [0.2, 0.25) is 0 Å². The maximum atomic E-state index is 13.2. The average Bonchev–Trinajstić information content (AvgIpc) is 2.84. The van der Waals surface area contributed by atoms with E-state index in [0.29, 0.717) is 12.1 Å². The van der Waals surface area contributed by atoms with Gasteiger partial charge in [0, 0.05) is 5.56 Å². The number of alkyl halides is 3. The van der Waals surface area contributed by atoms with E-state index >= 15 is 0 Å². The summed E-state index contributed by atoms with van der Waals surface area (Å²) in [4.78, 5) is 14.2. The largest absolute Gasteiger partial charge is 0.481 e. The molecule has 0 aliphatic rings. The Balaban J connectivity index is 2.28. The standard InChI is InChI=1S/C11H7F4N3O2S/c12-7-2-1-5(3-6(7)11(13,14)15)9-16-10(18-17-9)21-4-8(19)20/h1-3H,4H2,(H,19,20)(H,16,17,18). The van der Waals surface area contributed by atoms with Crippen molar-refractivity contribution in [1.29, 1.82) is 0 Å². The van der Waals surface area contributed by atoms with Gasteiger partial charge in [-0.25, -0.2) is 9.37 Å². The fourth-order valence-corrected chi connectivity index (χ4v) is 1.97. The van der Waals surface area contributed by atoms with E-state index in [-0.39, 0.29) is 22.3 Å². The predicted molar refractivity (Wildman–Crippen MR) is 65.1 cm³/mol. The molecule has 0 spiro atoms. The predicted octanol–water partition coefficient (Wildman–Crippen LogP) is 2.81. The zero-order valence-electron chi connectivity index (χ0n) is 10.1. The minimum absolute atomic E-state index is 0.00148. The lowest BCUT2D eigenvalue weighted by Gasteiger charge is -2.08. The number of aromatic nitrogens is 3. The Hall–Kier alpha value is -2.10. The van der Waals surface area contributed by atoms with E-state index in [1.165, 1.54) is 0 Å². The Morgan fingerprint density at radius 1 is 1.38 bits per heavy atom. The number of carboxylic acids is 1. The molecule has 1 aromatic heterocycles. The summed E-state index contributed by atoms with van der Waals surface area (Å²) >= 11 is 0.808. The van der Waals surface area contributed by atoms with Crippen LogP contribution in [0.25, 0.3) is 11.4 Å². The Labute approximate surface area is 119 Å². The molecule has 0 aliphatic carbocycles. The van der Waals surface area contributed by atoms with Crippen molar-refractivity contribution in [1.82, 2.24) is 15.2 Å². The SMILES string of the molecule is O=C(O)CSc1n[nH]c(-c2ccc(F)c(C(F)(F)F)c2)n1. The second-order valence-electron chi connectivity index (χ2n) is 3.84. The van der Waals surface area contributed by atoms with Gasteiger partial charge in [0.05, 0.1) is 11.3 Å². The highest BCUT2D eigenvalue weighted by atomic mass is 32.2. The summed E-state index contributed by atoms with van der Waals surface area (Å²) in [7, 11) is 0. The van der Waals surface area contributed by atoms with E-state index in [1.54, 1.807) is 0 Å². The van der Waals surface area contributed by atoms with Crippen LogP contribution in [0.5, 0.6) is 0 Å². The van der Waals surface area contributed by atoms with Crippen LogP contribution in [-0.2, 0) is 11.0 Å². The van der Waals surface area contributed by atoms with Crippen LogP contribution in [0.15, 0.2) is 23.4 Å². The van der Waals surface area contributed by atoms with Crippen LogP contribution in [0.1, 0.15) is 5.56 Å². The third kappa shape index (κ3) is 3.72. The first-order valence-corrected chi connectivity index (χ1v) is 6.40. The number of halogens is 4. The Morgan fingerprint density at radius 3 is 2.71 bits per heavy atom. The lowest BCUT2D eigenvalue weighted by molar-refractivity contribution is -0.140. The summed E-state index contributed by atoms with van der Waals surface area (Å²) in [5.74, 6) is -2.75.